The minimum absolute atomic E-state index is 0.203. The molecule has 1 atom stereocenters. The van der Waals surface area contributed by atoms with Crippen molar-refractivity contribution < 1.29 is 23.9 Å². The number of nitrogens with one attached hydrogen (secondary N) is 3. The molecule has 2 rings (SSSR count). The minimum Gasteiger partial charge on any atom is -0.497 e. The predicted molar refractivity (Wildman–Crippen MR) is 102 cm³/mol. The number of nitrogens with zero attached hydrogens (tertiary/aromatic N) is 1. The number of urea groups is 1. The van der Waals surface area contributed by atoms with Crippen LogP contribution >= 0.6 is 0 Å². The van der Waals surface area contributed by atoms with E-state index in [1.165, 1.54) is 0 Å². The minimum atomic E-state index is -1.09. The monoisotopic (exact) mass is 390 g/mol. The molecule has 9 heteroatoms. The van der Waals surface area contributed by atoms with Crippen molar-refractivity contribution in [3.63, 3.8) is 0 Å². The summed E-state index contributed by atoms with van der Waals surface area (Å²) in [5.74, 6) is -0.629. The molecule has 0 radical (unpaired) electrons. The van der Waals surface area contributed by atoms with Gasteiger partial charge in [0, 0.05) is 6.54 Å². The Labute approximate surface area is 163 Å². The molecule has 5 amide bonds. The molecule has 1 aromatic rings. The normalized spacial score (nSPS) is 18.6. The summed E-state index contributed by atoms with van der Waals surface area (Å²) in [6.07, 6.45) is 0.963. The van der Waals surface area contributed by atoms with Gasteiger partial charge in [0.05, 0.1) is 13.7 Å². The van der Waals surface area contributed by atoms with Crippen LogP contribution in [0.2, 0.25) is 0 Å². The van der Waals surface area contributed by atoms with Gasteiger partial charge in [-0.1, -0.05) is 12.1 Å². The van der Waals surface area contributed by atoms with E-state index in [-0.39, 0.29) is 12.5 Å². The number of likely N-dealkylation sites (N-methyl/N-ethyl adjacent to an activating group) is 1. The standard InChI is InChI=1S/C19H26N4O5/c1-4-20-15(24)11-21-16(25)12-23-17(26)19(2,22-18(23)27)10-9-13-5-7-14(28-3)8-6-13/h5-8H,4,9-12H2,1-3H3,(H,20,24)(H,21,25)(H,22,27)/t19-/m1/s1. The van der Waals surface area contributed by atoms with Crippen LogP contribution in [0.5, 0.6) is 5.75 Å². The maximum atomic E-state index is 12.7. The van der Waals surface area contributed by atoms with Crippen LogP contribution < -0.4 is 20.7 Å². The van der Waals surface area contributed by atoms with E-state index < -0.39 is 29.9 Å². The predicted octanol–water partition coefficient (Wildman–Crippen LogP) is 0.191. The van der Waals surface area contributed by atoms with Gasteiger partial charge in [-0.25, -0.2) is 4.79 Å². The molecule has 1 aromatic carbocycles. The molecule has 1 aliphatic rings. The number of carbonyl (C=O) groups is 4. The molecule has 0 spiro atoms. The number of aryl methyl sites for hydroxylation is 1. The van der Waals surface area contributed by atoms with Crippen molar-refractivity contribution in [2.45, 2.75) is 32.2 Å². The molecule has 28 heavy (non-hydrogen) atoms. The summed E-state index contributed by atoms with van der Waals surface area (Å²) >= 11 is 0. The summed E-state index contributed by atoms with van der Waals surface area (Å²) in [6.45, 7) is 3.23. The van der Waals surface area contributed by atoms with Crippen LogP contribution in [0.25, 0.3) is 0 Å². The van der Waals surface area contributed by atoms with E-state index in [0.29, 0.717) is 19.4 Å². The molecule has 1 heterocycles. The van der Waals surface area contributed by atoms with Crippen molar-refractivity contribution in [3.05, 3.63) is 29.8 Å². The number of imide groups is 1. The second-order valence-electron chi connectivity index (χ2n) is 6.73. The molecule has 1 saturated heterocycles. The van der Waals surface area contributed by atoms with E-state index in [1.54, 1.807) is 21.0 Å². The molecule has 1 aliphatic heterocycles. The molecule has 0 unspecified atom stereocenters. The Bertz CT molecular complexity index is 749. The molecule has 0 aromatic heterocycles. The van der Waals surface area contributed by atoms with E-state index >= 15 is 0 Å². The highest BCUT2D eigenvalue weighted by atomic mass is 16.5. The molecule has 0 aliphatic carbocycles. The number of benzene rings is 1. The third-order valence-electron chi connectivity index (χ3n) is 4.54. The number of ether oxygens (including phenoxy) is 1. The number of hydrogen-bond acceptors (Lipinski definition) is 5. The SMILES string of the molecule is CCNC(=O)CNC(=O)CN1C(=O)N[C@](C)(CCc2ccc(OC)cc2)C1=O. The van der Waals surface area contributed by atoms with Crippen LogP contribution in [0.15, 0.2) is 24.3 Å². The first-order chi connectivity index (χ1) is 13.3. The van der Waals surface area contributed by atoms with Gasteiger partial charge in [-0.3, -0.25) is 19.3 Å². The smallest absolute Gasteiger partial charge is 0.325 e. The Morgan fingerprint density at radius 1 is 1.14 bits per heavy atom. The first kappa shape index (κ1) is 21.2. The summed E-state index contributed by atoms with van der Waals surface area (Å²) in [4.78, 5) is 49.1. The van der Waals surface area contributed by atoms with Crippen LogP contribution in [0.1, 0.15) is 25.8 Å². The third-order valence-corrected chi connectivity index (χ3v) is 4.54. The number of methoxy groups -OCH3 is 1. The zero-order chi connectivity index (χ0) is 20.7. The first-order valence-corrected chi connectivity index (χ1v) is 9.09. The van der Waals surface area contributed by atoms with Gasteiger partial charge < -0.3 is 20.7 Å². The topological polar surface area (TPSA) is 117 Å². The van der Waals surface area contributed by atoms with Crippen LogP contribution in [-0.4, -0.2) is 60.9 Å². The van der Waals surface area contributed by atoms with E-state index in [4.69, 9.17) is 4.74 Å². The average molecular weight is 390 g/mol. The van der Waals surface area contributed by atoms with Gasteiger partial charge in [0.2, 0.25) is 11.8 Å². The molecule has 9 nitrogen and oxygen atoms in total. The van der Waals surface area contributed by atoms with Crippen molar-refractivity contribution in [2.24, 2.45) is 0 Å². The molecule has 0 saturated carbocycles. The number of hydrogen-bond donors (Lipinski definition) is 3. The quantitative estimate of drug-likeness (QED) is 0.521. The molecular formula is C19H26N4O5. The number of carbonyl (C=O) groups excluding carboxylic acids is 4. The fraction of sp³-hybridized carbons (Fsp3) is 0.474. The van der Waals surface area contributed by atoms with Crippen molar-refractivity contribution in [3.8, 4) is 5.75 Å². The summed E-state index contributed by atoms with van der Waals surface area (Å²) in [7, 11) is 1.59. The van der Waals surface area contributed by atoms with Gasteiger partial charge in [0.15, 0.2) is 0 Å². The van der Waals surface area contributed by atoms with Gasteiger partial charge in [-0.05, 0) is 44.4 Å². The molecule has 3 N–H and O–H groups in total. The first-order valence-electron chi connectivity index (χ1n) is 9.09. The third kappa shape index (κ3) is 5.21. The Morgan fingerprint density at radius 2 is 1.82 bits per heavy atom. The van der Waals surface area contributed by atoms with Gasteiger partial charge in [0.1, 0.15) is 17.8 Å². The fourth-order valence-corrected chi connectivity index (χ4v) is 2.88. The van der Waals surface area contributed by atoms with Crippen molar-refractivity contribution in [1.82, 2.24) is 20.9 Å². The Morgan fingerprint density at radius 3 is 2.43 bits per heavy atom. The summed E-state index contributed by atoms with van der Waals surface area (Å²) in [5, 5.41) is 7.60. The molecule has 152 valence electrons. The zero-order valence-electron chi connectivity index (χ0n) is 16.3. The summed E-state index contributed by atoms with van der Waals surface area (Å²) in [5.41, 5.74) is -0.0844. The summed E-state index contributed by atoms with van der Waals surface area (Å²) < 4.78 is 5.12. The van der Waals surface area contributed by atoms with Crippen LogP contribution in [0.3, 0.4) is 0 Å². The Hall–Kier alpha value is -3.10. The van der Waals surface area contributed by atoms with E-state index in [1.807, 2.05) is 24.3 Å². The second-order valence-corrected chi connectivity index (χ2v) is 6.73. The largest absolute Gasteiger partial charge is 0.497 e. The maximum absolute atomic E-state index is 12.7. The van der Waals surface area contributed by atoms with Gasteiger partial charge in [0.25, 0.3) is 5.91 Å². The van der Waals surface area contributed by atoms with Crippen molar-refractivity contribution in [2.75, 3.05) is 26.7 Å². The number of rotatable bonds is 9. The van der Waals surface area contributed by atoms with Gasteiger partial charge >= 0.3 is 6.03 Å². The van der Waals surface area contributed by atoms with Gasteiger partial charge in [-0.2, -0.15) is 0 Å². The zero-order valence-corrected chi connectivity index (χ0v) is 16.3. The highest BCUT2D eigenvalue weighted by Gasteiger charge is 2.47. The molecule has 0 bridgehead atoms. The van der Waals surface area contributed by atoms with Crippen LogP contribution in [-0.2, 0) is 20.8 Å². The van der Waals surface area contributed by atoms with Crippen LogP contribution in [0, 0.1) is 0 Å². The molecular weight excluding hydrogens is 364 g/mol. The lowest BCUT2D eigenvalue weighted by Gasteiger charge is -2.21. The lowest BCUT2D eigenvalue weighted by atomic mass is 9.93. The summed E-state index contributed by atoms with van der Waals surface area (Å²) in [6, 6.07) is 6.85. The van der Waals surface area contributed by atoms with Crippen LogP contribution in [0.4, 0.5) is 4.79 Å². The maximum Gasteiger partial charge on any atom is 0.325 e. The highest BCUT2D eigenvalue weighted by Crippen LogP contribution is 2.23. The fourth-order valence-electron chi connectivity index (χ4n) is 2.88. The Balaban J connectivity index is 1.91. The molecule has 1 fully saturated rings. The van der Waals surface area contributed by atoms with E-state index in [0.717, 1.165) is 16.2 Å². The lowest BCUT2D eigenvalue weighted by molar-refractivity contribution is -0.135. The average Bonchev–Trinajstić information content (AvgIpc) is 2.89. The van der Waals surface area contributed by atoms with Gasteiger partial charge in [-0.15, -0.1) is 0 Å². The second kappa shape index (κ2) is 9.20. The van der Waals surface area contributed by atoms with E-state index in [2.05, 4.69) is 16.0 Å². The van der Waals surface area contributed by atoms with Crippen molar-refractivity contribution in [1.29, 1.82) is 0 Å². The van der Waals surface area contributed by atoms with E-state index in [9.17, 15) is 19.2 Å². The Kier molecular flexibility index (Phi) is 6.97. The lowest BCUT2D eigenvalue weighted by Crippen LogP contribution is -2.46. The number of amides is 5. The highest BCUT2D eigenvalue weighted by molar-refractivity contribution is 6.08. The van der Waals surface area contributed by atoms with Crippen molar-refractivity contribution >= 4 is 23.8 Å².